The van der Waals surface area contributed by atoms with Gasteiger partial charge >= 0.3 is 0 Å². The Bertz CT molecular complexity index is 1460. The number of hydrogen-bond acceptors (Lipinski definition) is 4. The Kier molecular flexibility index (Phi) is 7.89. The van der Waals surface area contributed by atoms with Crippen molar-refractivity contribution < 1.29 is 22.3 Å². The smallest absolute Gasteiger partial charge is 0.264 e. The first kappa shape index (κ1) is 25.9. The first-order valence-electron chi connectivity index (χ1n) is 11.6. The number of benzene rings is 4. The molecule has 0 radical (unpaired) electrons. The highest BCUT2D eigenvalue weighted by Crippen LogP contribution is 2.27. The number of methoxy groups -OCH3 is 1. The lowest BCUT2D eigenvalue weighted by molar-refractivity contribution is -0.120. The van der Waals surface area contributed by atoms with Crippen LogP contribution >= 0.6 is 0 Å². The molecule has 0 aliphatic carbocycles. The van der Waals surface area contributed by atoms with Gasteiger partial charge < -0.3 is 10.1 Å². The number of carbonyl (C=O) groups excluding carboxylic acids is 1. The number of nitrogens with one attached hydrogen (secondary N) is 1. The van der Waals surface area contributed by atoms with Crippen molar-refractivity contribution in [3.8, 4) is 5.75 Å². The second-order valence-electron chi connectivity index (χ2n) is 8.49. The number of aryl methyl sites for hydroxylation is 1. The minimum atomic E-state index is -4.16. The van der Waals surface area contributed by atoms with E-state index in [1.165, 1.54) is 43.5 Å². The topological polar surface area (TPSA) is 75.7 Å². The average Bonchev–Trinajstić information content (AvgIpc) is 2.91. The average molecular weight is 519 g/mol. The van der Waals surface area contributed by atoms with Crippen LogP contribution in [0.4, 0.5) is 10.1 Å². The molecule has 8 heteroatoms. The normalized spacial score (nSPS) is 12.0. The van der Waals surface area contributed by atoms with Crippen molar-refractivity contribution in [2.75, 3.05) is 18.0 Å². The molecule has 4 aromatic carbocycles. The van der Waals surface area contributed by atoms with Crippen LogP contribution in [0, 0.1) is 12.7 Å². The Morgan fingerprint density at radius 3 is 2.16 bits per heavy atom. The van der Waals surface area contributed by atoms with Crippen molar-refractivity contribution in [3.63, 3.8) is 0 Å². The van der Waals surface area contributed by atoms with E-state index < -0.39 is 34.3 Å². The van der Waals surface area contributed by atoms with Crippen LogP contribution in [0.5, 0.6) is 5.75 Å². The Labute approximate surface area is 216 Å². The zero-order valence-corrected chi connectivity index (χ0v) is 21.3. The molecule has 0 saturated carbocycles. The highest BCUT2D eigenvalue weighted by Gasteiger charge is 2.28. The fraction of sp³-hybridized carbons (Fsp3) is 0.138. The Hall–Kier alpha value is -4.17. The van der Waals surface area contributed by atoms with E-state index in [-0.39, 0.29) is 10.6 Å². The van der Waals surface area contributed by atoms with Gasteiger partial charge in [-0.15, -0.1) is 0 Å². The summed E-state index contributed by atoms with van der Waals surface area (Å²) in [4.78, 5) is 13.4. The molecular formula is C29H27FN2O4S. The Morgan fingerprint density at radius 2 is 1.54 bits per heavy atom. The number of sulfonamides is 1. The third-order valence-corrected chi connectivity index (χ3v) is 7.65. The zero-order chi connectivity index (χ0) is 26.4. The highest BCUT2D eigenvalue weighted by atomic mass is 32.2. The van der Waals surface area contributed by atoms with Crippen molar-refractivity contribution >= 4 is 21.6 Å². The number of rotatable bonds is 9. The summed E-state index contributed by atoms with van der Waals surface area (Å²) >= 11 is 0. The summed E-state index contributed by atoms with van der Waals surface area (Å²) in [6.45, 7) is 1.46. The largest absolute Gasteiger partial charge is 0.497 e. The van der Waals surface area contributed by atoms with E-state index >= 15 is 0 Å². The van der Waals surface area contributed by atoms with Crippen LogP contribution in [0.2, 0.25) is 0 Å². The quantitative estimate of drug-likeness (QED) is 0.329. The maximum atomic E-state index is 13.6. The molecule has 190 valence electrons. The van der Waals surface area contributed by atoms with Gasteiger partial charge in [-0.2, -0.15) is 0 Å². The number of nitrogens with zero attached hydrogens (tertiary/aromatic N) is 1. The van der Waals surface area contributed by atoms with E-state index in [1.54, 1.807) is 0 Å². The van der Waals surface area contributed by atoms with Crippen LogP contribution in [0.1, 0.15) is 22.7 Å². The standard InChI is InChI=1S/C29H27FN2O4S/c1-21-7-6-10-23(19-21)29(22-8-4-3-5-9-22)31-28(33)20-32(25-13-11-24(30)12-14-25)37(34,35)27-17-15-26(36-2)16-18-27/h3-19,29H,20H2,1-2H3,(H,31,33). The first-order chi connectivity index (χ1) is 17.8. The first-order valence-corrected chi connectivity index (χ1v) is 13.0. The molecule has 6 nitrogen and oxygen atoms in total. The molecule has 1 unspecified atom stereocenters. The fourth-order valence-electron chi connectivity index (χ4n) is 3.99. The van der Waals surface area contributed by atoms with Crippen LogP contribution in [0.3, 0.4) is 0 Å². The van der Waals surface area contributed by atoms with Crippen molar-refractivity contribution in [1.82, 2.24) is 5.32 Å². The predicted octanol–water partition coefficient (Wildman–Crippen LogP) is 5.24. The maximum absolute atomic E-state index is 13.6. The molecule has 1 atom stereocenters. The fourth-order valence-corrected chi connectivity index (χ4v) is 5.41. The lowest BCUT2D eigenvalue weighted by Crippen LogP contribution is -2.42. The number of amides is 1. The molecular weight excluding hydrogens is 491 g/mol. The van der Waals surface area contributed by atoms with E-state index in [2.05, 4.69) is 5.32 Å². The summed E-state index contributed by atoms with van der Waals surface area (Å²) in [5.74, 6) is -0.538. The SMILES string of the molecule is COc1ccc(S(=O)(=O)N(CC(=O)NC(c2ccccc2)c2cccc(C)c2)c2ccc(F)cc2)cc1. The van der Waals surface area contributed by atoms with Crippen molar-refractivity contribution in [2.45, 2.75) is 17.9 Å². The van der Waals surface area contributed by atoms with E-state index in [0.717, 1.165) is 33.1 Å². The second kappa shape index (κ2) is 11.3. The molecule has 0 heterocycles. The molecule has 0 aromatic heterocycles. The number of ether oxygens (including phenoxy) is 1. The van der Waals surface area contributed by atoms with E-state index in [0.29, 0.717) is 5.75 Å². The molecule has 37 heavy (non-hydrogen) atoms. The Balaban J connectivity index is 1.68. The third kappa shape index (κ3) is 6.16. The van der Waals surface area contributed by atoms with Gasteiger partial charge in [0.05, 0.1) is 23.7 Å². The molecule has 0 fully saturated rings. The molecule has 4 aromatic rings. The minimum absolute atomic E-state index is 0.0243. The van der Waals surface area contributed by atoms with Gasteiger partial charge in [-0.25, -0.2) is 12.8 Å². The number of carbonyl (C=O) groups is 1. The van der Waals surface area contributed by atoms with Gasteiger partial charge in [0.15, 0.2) is 0 Å². The van der Waals surface area contributed by atoms with E-state index in [9.17, 15) is 17.6 Å². The van der Waals surface area contributed by atoms with Gasteiger partial charge in [-0.05, 0) is 66.6 Å². The molecule has 1 amide bonds. The van der Waals surface area contributed by atoms with Gasteiger partial charge in [0, 0.05) is 0 Å². The minimum Gasteiger partial charge on any atom is -0.497 e. The van der Waals surface area contributed by atoms with E-state index in [1.807, 2.05) is 61.5 Å². The van der Waals surface area contributed by atoms with E-state index in [4.69, 9.17) is 4.74 Å². The van der Waals surface area contributed by atoms with Crippen LogP contribution in [0.15, 0.2) is 108 Å². The van der Waals surface area contributed by atoms with Crippen LogP contribution in [-0.4, -0.2) is 28.0 Å². The van der Waals surface area contributed by atoms with Gasteiger partial charge in [0.25, 0.3) is 10.0 Å². The monoisotopic (exact) mass is 518 g/mol. The van der Waals surface area contributed by atoms with Gasteiger partial charge in [0.2, 0.25) is 5.91 Å². The molecule has 0 spiro atoms. The second-order valence-corrected chi connectivity index (χ2v) is 10.4. The maximum Gasteiger partial charge on any atom is 0.264 e. The van der Waals surface area contributed by atoms with Crippen LogP contribution in [0.25, 0.3) is 0 Å². The lowest BCUT2D eigenvalue weighted by atomic mass is 9.97. The lowest BCUT2D eigenvalue weighted by Gasteiger charge is -2.26. The summed E-state index contributed by atoms with van der Waals surface area (Å²) in [5, 5.41) is 2.99. The van der Waals surface area contributed by atoms with Gasteiger partial charge in [-0.1, -0.05) is 60.2 Å². The van der Waals surface area contributed by atoms with Gasteiger partial charge in [0.1, 0.15) is 18.1 Å². The summed E-state index contributed by atoms with van der Waals surface area (Å²) < 4.78 is 47.0. The third-order valence-electron chi connectivity index (χ3n) is 5.86. The van der Waals surface area contributed by atoms with Crippen LogP contribution in [-0.2, 0) is 14.8 Å². The highest BCUT2D eigenvalue weighted by molar-refractivity contribution is 7.92. The number of hydrogen-bond donors (Lipinski definition) is 1. The number of halogens is 1. The summed E-state index contributed by atoms with van der Waals surface area (Å²) in [6, 6.07) is 27.6. The molecule has 0 aliphatic rings. The van der Waals surface area contributed by atoms with Crippen molar-refractivity contribution in [2.24, 2.45) is 0 Å². The van der Waals surface area contributed by atoms with Crippen LogP contribution < -0.4 is 14.4 Å². The molecule has 4 rings (SSSR count). The molecule has 0 bridgehead atoms. The Morgan fingerprint density at radius 1 is 0.892 bits per heavy atom. The zero-order valence-electron chi connectivity index (χ0n) is 20.5. The molecule has 0 aliphatic heterocycles. The number of anilines is 1. The van der Waals surface area contributed by atoms with Crippen molar-refractivity contribution in [3.05, 3.63) is 126 Å². The van der Waals surface area contributed by atoms with Gasteiger partial charge in [-0.3, -0.25) is 9.10 Å². The summed E-state index contributed by atoms with van der Waals surface area (Å²) in [5.41, 5.74) is 2.92. The summed E-state index contributed by atoms with van der Waals surface area (Å²) in [6.07, 6.45) is 0. The van der Waals surface area contributed by atoms with Crippen molar-refractivity contribution in [1.29, 1.82) is 0 Å². The molecule has 1 N–H and O–H groups in total. The molecule has 0 saturated heterocycles. The predicted molar refractivity (Wildman–Crippen MR) is 142 cm³/mol. The summed E-state index contributed by atoms with van der Waals surface area (Å²) in [7, 11) is -2.68.